The summed E-state index contributed by atoms with van der Waals surface area (Å²) in [5, 5.41) is 4.88. The quantitative estimate of drug-likeness (QED) is 0.774. The summed E-state index contributed by atoms with van der Waals surface area (Å²) in [6.45, 7) is 0.709. The number of hydrogen-bond donors (Lipinski definition) is 1. The van der Waals surface area contributed by atoms with E-state index in [0.717, 1.165) is 9.99 Å². The fourth-order valence-corrected chi connectivity index (χ4v) is 2.58. The van der Waals surface area contributed by atoms with Gasteiger partial charge in [0.15, 0.2) is 6.61 Å². The van der Waals surface area contributed by atoms with Crippen molar-refractivity contribution in [2.24, 2.45) is 0 Å². The highest BCUT2D eigenvalue weighted by Gasteiger charge is 2.02. The zero-order valence-corrected chi connectivity index (χ0v) is 13.2. The third-order valence-electron chi connectivity index (χ3n) is 2.46. The van der Waals surface area contributed by atoms with Gasteiger partial charge in [0.2, 0.25) is 0 Å². The summed E-state index contributed by atoms with van der Waals surface area (Å²) in [7, 11) is 0. The van der Waals surface area contributed by atoms with E-state index in [-0.39, 0.29) is 12.5 Å². The summed E-state index contributed by atoms with van der Waals surface area (Å²) in [6.07, 6.45) is 0.868. The molecule has 0 saturated heterocycles. The molecule has 0 fully saturated rings. The number of ether oxygens (including phenoxy) is 1. The lowest BCUT2D eigenvalue weighted by atomic mass is 10.3. The van der Waals surface area contributed by atoms with Gasteiger partial charge in [0, 0.05) is 15.0 Å². The zero-order valence-electron chi connectivity index (χ0n) is 10.3. The first-order valence-corrected chi connectivity index (χ1v) is 7.87. The largest absolute Gasteiger partial charge is 0.484 e. The molecule has 1 aromatic carbocycles. The van der Waals surface area contributed by atoms with Crippen LogP contribution < -0.4 is 10.1 Å². The Morgan fingerprint density at radius 3 is 2.74 bits per heavy atom. The summed E-state index contributed by atoms with van der Waals surface area (Å²) < 4.78 is 6.54. The molecular formula is C14H14INO2S. The third kappa shape index (κ3) is 5.20. The average molecular weight is 387 g/mol. The van der Waals surface area contributed by atoms with Crippen LogP contribution in [-0.2, 0) is 11.2 Å². The Morgan fingerprint density at radius 2 is 2.05 bits per heavy atom. The molecule has 19 heavy (non-hydrogen) atoms. The molecule has 0 atom stereocenters. The predicted octanol–water partition coefficient (Wildman–Crippen LogP) is 3.09. The van der Waals surface area contributed by atoms with E-state index in [9.17, 15) is 4.79 Å². The van der Waals surface area contributed by atoms with Crippen molar-refractivity contribution in [2.45, 2.75) is 6.42 Å². The first-order chi connectivity index (χ1) is 9.24. The maximum Gasteiger partial charge on any atom is 0.257 e. The van der Waals surface area contributed by atoms with E-state index >= 15 is 0 Å². The van der Waals surface area contributed by atoms with Crippen LogP contribution >= 0.6 is 33.9 Å². The first-order valence-electron chi connectivity index (χ1n) is 5.91. The van der Waals surface area contributed by atoms with Crippen LogP contribution in [0.15, 0.2) is 41.8 Å². The SMILES string of the molecule is O=C(COc1ccc(I)cc1)NCCc1cccs1. The third-order valence-corrected chi connectivity index (χ3v) is 4.11. The van der Waals surface area contributed by atoms with Gasteiger partial charge >= 0.3 is 0 Å². The Morgan fingerprint density at radius 1 is 1.26 bits per heavy atom. The molecule has 0 radical (unpaired) electrons. The molecule has 0 spiro atoms. The molecule has 1 aromatic heterocycles. The van der Waals surface area contributed by atoms with Crippen molar-refractivity contribution < 1.29 is 9.53 Å². The van der Waals surface area contributed by atoms with Crippen molar-refractivity contribution in [3.05, 3.63) is 50.2 Å². The van der Waals surface area contributed by atoms with Gasteiger partial charge in [0.1, 0.15) is 5.75 Å². The number of carbonyl (C=O) groups excluding carboxylic acids is 1. The molecule has 0 bridgehead atoms. The minimum atomic E-state index is -0.0879. The standard InChI is InChI=1S/C14H14INO2S/c15-11-3-5-12(6-4-11)18-10-14(17)16-8-7-13-2-1-9-19-13/h1-6,9H,7-8,10H2,(H,16,17). The molecule has 100 valence electrons. The Hall–Kier alpha value is -1.08. The van der Waals surface area contributed by atoms with Crippen molar-refractivity contribution in [3.63, 3.8) is 0 Å². The molecule has 2 aromatic rings. The number of amides is 1. The van der Waals surface area contributed by atoms with Crippen LogP contribution in [0.1, 0.15) is 4.88 Å². The molecule has 0 saturated carbocycles. The maximum atomic E-state index is 11.6. The van der Waals surface area contributed by atoms with E-state index in [0.29, 0.717) is 12.3 Å². The van der Waals surface area contributed by atoms with E-state index in [1.54, 1.807) is 11.3 Å². The number of rotatable bonds is 6. The van der Waals surface area contributed by atoms with Crippen LogP contribution in [0.5, 0.6) is 5.75 Å². The highest BCUT2D eigenvalue weighted by Crippen LogP contribution is 2.13. The molecule has 5 heteroatoms. The molecule has 1 N–H and O–H groups in total. The second kappa shape index (κ2) is 7.49. The summed E-state index contributed by atoms with van der Waals surface area (Å²) in [4.78, 5) is 12.9. The molecule has 3 nitrogen and oxygen atoms in total. The van der Waals surface area contributed by atoms with Crippen molar-refractivity contribution in [2.75, 3.05) is 13.2 Å². The van der Waals surface area contributed by atoms with Crippen molar-refractivity contribution in [1.29, 1.82) is 0 Å². The predicted molar refractivity (Wildman–Crippen MR) is 85.7 cm³/mol. The van der Waals surface area contributed by atoms with E-state index < -0.39 is 0 Å². The monoisotopic (exact) mass is 387 g/mol. The number of thiophene rings is 1. The normalized spacial score (nSPS) is 10.2. The number of benzene rings is 1. The molecule has 1 amide bonds. The summed E-state index contributed by atoms with van der Waals surface area (Å²) in [6, 6.07) is 11.7. The van der Waals surface area contributed by atoms with Gasteiger partial charge in [-0.2, -0.15) is 0 Å². The molecule has 0 aliphatic heterocycles. The molecule has 0 aliphatic carbocycles. The number of nitrogens with one attached hydrogen (secondary N) is 1. The van der Waals surface area contributed by atoms with Crippen LogP contribution in [0, 0.1) is 3.57 Å². The van der Waals surface area contributed by atoms with Crippen LogP contribution in [0.4, 0.5) is 0 Å². The van der Waals surface area contributed by atoms with Gasteiger partial charge in [-0.3, -0.25) is 4.79 Å². The summed E-state index contributed by atoms with van der Waals surface area (Å²) >= 11 is 3.93. The highest BCUT2D eigenvalue weighted by atomic mass is 127. The van der Waals surface area contributed by atoms with Gasteiger partial charge in [-0.05, 0) is 64.7 Å². The summed E-state index contributed by atoms with van der Waals surface area (Å²) in [5.74, 6) is 0.629. The van der Waals surface area contributed by atoms with Gasteiger partial charge in [0.05, 0.1) is 0 Å². The minimum Gasteiger partial charge on any atom is -0.484 e. The lowest BCUT2D eigenvalue weighted by Crippen LogP contribution is -2.30. The molecule has 0 unspecified atom stereocenters. The minimum absolute atomic E-state index is 0.0605. The fraction of sp³-hybridized carbons (Fsp3) is 0.214. The average Bonchev–Trinajstić information content (AvgIpc) is 2.91. The van der Waals surface area contributed by atoms with E-state index in [1.807, 2.05) is 35.7 Å². The highest BCUT2D eigenvalue weighted by molar-refractivity contribution is 14.1. The van der Waals surface area contributed by atoms with E-state index in [4.69, 9.17) is 4.74 Å². The Kier molecular flexibility index (Phi) is 5.65. The number of halogens is 1. The van der Waals surface area contributed by atoms with Gasteiger partial charge in [-0.15, -0.1) is 11.3 Å². The Balaban J connectivity index is 1.65. The van der Waals surface area contributed by atoms with E-state index in [1.165, 1.54) is 4.88 Å². The zero-order chi connectivity index (χ0) is 13.5. The number of carbonyl (C=O) groups is 1. The van der Waals surface area contributed by atoms with Crippen LogP contribution in [0.25, 0.3) is 0 Å². The second-order valence-electron chi connectivity index (χ2n) is 3.92. The van der Waals surface area contributed by atoms with Gasteiger partial charge < -0.3 is 10.1 Å². The second-order valence-corrected chi connectivity index (χ2v) is 6.20. The van der Waals surface area contributed by atoms with Gasteiger partial charge in [-0.1, -0.05) is 6.07 Å². The smallest absolute Gasteiger partial charge is 0.257 e. The fourth-order valence-electron chi connectivity index (χ4n) is 1.51. The lowest BCUT2D eigenvalue weighted by Gasteiger charge is -2.07. The van der Waals surface area contributed by atoms with Crippen molar-refractivity contribution in [3.8, 4) is 5.75 Å². The summed E-state index contributed by atoms with van der Waals surface area (Å²) in [5.41, 5.74) is 0. The van der Waals surface area contributed by atoms with Crippen LogP contribution in [0.3, 0.4) is 0 Å². The Labute approximate surface area is 130 Å². The van der Waals surface area contributed by atoms with Gasteiger partial charge in [0.25, 0.3) is 5.91 Å². The van der Waals surface area contributed by atoms with Crippen molar-refractivity contribution in [1.82, 2.24) is 5.32 Å². The van der Waals surface area contributed by atoms with Crippen LogP contribution in [-0.4, -0.2) is 19.1 Å². The lowest BCUT2D eigenvalue weighted by molar-refractivity contribution is -0.123. The van der Waals surface area contributed by atoms with Crippen molar-refractivity contribution >= 4 is 39.8 Å². The topological polar surface area (TPSA) is 38.3 Å². The van der Waals surface area contributed by atoms with E-state index in [2.05, 4.69) is 34.0 Å². The van der Waals surface area contributed by atoms with Crippen LogP contribution in [0.2, 0.25) is 0 Å². The molecular weight excluding hydrogens is 373 g/mol. The number of hydrogen-bond acceptors (Lipinski definition) is 3. The molecule has 2 rings (SSSR count). The first kappa shape index (κ1) is 14.3. The molecule has 0 aliphatic rings. The van der Waals surface area contributed by atoms with Gasteiger partial charge in [-0.25, -0.2) is 0 Å². The maximum absolute atomic E-state index is 11.6. The Bertz CT molecular complexity index is 511. The molecule has 1 heterocycles.